The van der Waals surface area contributed by atoms with Crippen LogP contribution in [0.15, 0.2) is 0 Å². The molecule has 0 unspecified atom stereocenters. The van der Waals surface area contributed by atoms with Crippen LogP contribution in [-0.4, -0.2) is 39.8 Å². The molecule has 0 amide bonds. The lowest BCUT2D eigenvalue weighted by atomic mass is 10.4. The topological polar surface area (TPSA) is 15.3 Å². The number of rotatable bonds is 1. The molecule has 0 aromatic carbocycles. The van der Waals surface area contributed by atoms with Crippen molar-refractivity contribution >= 4 is 47.8 Å². The van der Waals surface area contributed by atoms with Gasteiger partial charge in [-0.2, -0.15) is 0 Å². The first-order valence-electron chi connectivity index (χ1n) is 3.58. The maximum Gasteiger partial charge on any atom is 0.147 e. The van der Waals surface area contributed by atoms with Gasteiger partial charge in [0.25, 0.3) is 0 Å². The highest BCUT2D eigenvalue weighted by atomic mass is 80.0. The average Bonchev–Trinajstić information content (AvgIpc) is 1.85. The summed E-state index contributed by atoms with van der Waals surface area (Å²) in [7, 11) is 0. The van der Waals surface area contributed by atoms with Gasteiger partial charge in [0.2, 0.25) is 0 Å². The lowest BCUT2D eigenvalue weighted by Crippen LogP contribution is -2.46. The Labute approximate surface area is 92.5 Å². The molecule has 0 atom stereocenters. The van der Waals surface area contributed by atoms with Gasteiger partial charge >= 0.3 is 0 Å². The summed E-state index contributed by atoms with van der Waals surface area (Å²) in [6.07, 6.45) is 0. The molecule has 11 heavy (non-hydrogen) atoms. The third-order valence-electron chi connectivity index (χ3n) is 1.61. The second kappa shape index (κ2) is 4.56. The van der Waals surface area contributed by atoms with E-state index in [0.29, 0.717) is 0 Å². The zero-order valence-corrected chi connectivity index (χ0v) is 10.9. The van der Waals surface area contributed by atoms with Crippen LogP contribution in [0.25, 0.3) is 0 Å². The maximum absolute atomic E-state index is 3.49. The zero-order chi connectivity index (χ0) is 8.32. The molecule has 1 fully saturated rings. The van der Waals surface area contributed by atoms with Gasteiger partial charge in [0.1, 0.15) is 2.14 Å². The van der Waals surface area contributed by atoms with Crippen LogP contribution in [0.4, 0.5) is 0 Å². The highest BCUT2D eigenvalue weighted by Crippen LogP contribution is 2.34. The summed E-state index contributed by atoms with van der Waals surface area (Å²) in [5.41, 5.74) is 0. The van der Waals surface area contributed by atoms with Crippen LogP contribution >= 0.6 is 47.8 Å². The SMILES string of the molecule is BrC(Br)(Br)CN1CCNCC1. The number of alkyl halides is 3. The molecule has 1 heterocycles. The second-order valence-corrected chi connectivity index (χ2v) is 9.89. The minimum absolute atomic E-state index is 0.107. The number of hydrogen-bond donors (Lipinski definition) is 1. The van der Waals surface area contributed by atoms with E-state index in [1.54, 1.807) is 0 Å². The Morgan fingerprint density at radius 2 is 1.73 bits per heavy atom. The molecule has 2 nitrogen and oxygen atoms in total. The first kappa shape index (κ1) is 10.4. The molecule has 0 saturated carbocycles. The van der Waals surface area contributed by atoms with Crippen LogP contribution in [0, 0.1) is 0 Å². The van der Waals surface area contributed by atoms with Gasteiger partial charge in [-0.15, -0.1) is 0 Å². The fraction of sp³-hybridized carbons (Fsp3) is 1.00. The normalized spacial score (nSPS) is 22.1. The number of halogens is 3. The predicted molar refractivity (Wildman–Crippen MR) is 58.8 cm³/mol. The van der Waals surface area contributed by atoms with Crippen LogP contribution in [0.3, 0.4) is 0 Å². The van der Waals surface area contributed by atoms with E-state index >= 15 is 0 Å². The Bertz CT molecular complexity index is 117. The fourth-order valence-electron chi connectivity index (χ4n) is 1.12. The molecule has 0 aromatic heterocycles. The summed E-state index contributed by atoms with van der Waals surface area (Å²) in [4.78, 5) is 2.40. The van der Waals surface area contributed by atoms with E-state index in [0.717, 1.165) is 32.7 Å². The van der Waals surface area contributed by atoms with Crippen molar-refractivity contribution in [1.82, 2.24) is 10.2 Å². The quantitative estimate of drug-likeness (QED) is 0.725. The number of piperazine rings is 1. The van der Waals surface area contributed by atoms with E-state index in [4.69, 9.17) is 0 Å². The van der Waals surface area contributed by atoms with Crippen LogP contribution in [0.5, 0.6) is 0 Å². The summed E-state index contributed by atoms with van der Waals surface area (Å²) in [6.45, 7) is 5.44. The van der Waals surface area contributed by atoms with E-state index in [9.17, 15) is 0 Å². The molecule has 1 aliphatic rings. The van der Waals surface area contributed by atoms with Crippen molar-refractivity contribution in [3.05, 3.63) is 0 Å². The van der Waals surface area contributed by atoms with Crippen LogP contribution in [0.1, 0.15) is 0 Å². The molecule has 0 bridgehead atoms. The van der Waals surface area contributed by atoms with Crippen molar-refractivity contribution in [2.24, 2.45) is 0 Å². The monoisotopic (exact) mass is 348 g/mol. The first-order valence-corrected chi connectivity index (χ1v) is 5.96. The standard InChI is InChI=1S/C6H11Br3N2/c7-6(8,9)5-11-3-1-10-2-4-11/h10H,1-5H2. The van der Waals surface area contributed by atoms with E-state index in [1.165, 1.54) is 0 Å². The van der Waals surface area contributed by atoms with Crippen LogP contribution < -0.4 is 5.32 Å². The summed E-state index contributed by atoms with van der Waals surface area (Å²) in [5.74, 6) is 0. The van der Waals surface area contributed by atoms with Gasteiger partial charge in [-0.3, -0.25) is 4.90 Å². The Balaban J connectivity index is 2.24. The van der Waals surface area contributed by atoms with Gasteiger partial charge in [0.15, 0.2) is 0 Å². The smallest absolute Gasteiger partial charge is 0.147 e. The Morgan fingerprint density at radius 1 is 1.18 bits per heavy atom. The minimum Gasteiger partial charge on any atom is -0.314 e. The summed E-state index contributed by atoms with van der Waals surface area (Å²) < 4.78 is -0.107. The predicted octanol–water partition coefficient (Wildman–Crippen LogP) is 1.73. The highest BCUT2D eigenvalue weighted by molar-refractivity contribution is 9.39. The number of nitrogens with zero attached hydrogens (tertiary/aromatic N) is 1. The molecule has 1 rings (SSSR count). The van der Waals surface area contributed by atoms with Crippen molar-refractivity contribution in [2.45, 2.75) is 2.14 Å². The van der Waals surface area contributed by atoms with E-state index in [2.05, 4.69) is 58.0 Å². The zero-order valence-electron chi connectivity index (χ0n) is 6.12. The Hall–Kier alpha value is 1.36. The Morgan fingerprint density at radius 3 is 2.18 bits per heavy atom. The second-order valence-electron chi connectivity index (χ2n) is 2.64. The average molecular weight is 351 g/mol. The fourth-order valence-corrected chi connectivity index (χ4v) is 2.19. The van der Waals surface area contributed by atoms with Gasteiger partial charge in [-0.25, -0.2) is 0 Å². The molecular weight excluding hydrogens is 340 g/mol. The summed E-state index contributed by atoms with van der Waals surface area (Å²) in [5, 5.41) is 3.31. The summed E-state index contributed by atoms with van der Waals surface area (Å²) >= 11 is 10.5. The third-order valence-corrected chi connectivity index (χ3v) is 2.36. The van der Waals surface area contributed by atoms with Crippen molar-refractivity contribution in [1.29, 1.82) is 0 Å². The van der Waals surface area contributed by atoms with Gasteiger partial charge in [0, 0.05) is 32.7 Å². The van der Waals surface area contributed by atoms with Gasteiger partial charge in [0.05, 0.1) is 0 Å². The third kappa shape index (κ3) is 4.83. The van der Waals surface area contributed by atoms with E-state index in [1.807, 2.05) is 0 Å². The summed E-state index contributed by atoms with van der Waals surface area (Å²) in [6, 6.07) is 0. The lowest BCUT2D eigenvalue weighted by Gasteiger charge is -2.30. The van der Waals surface area contributed by atoms with Crippen molar-refractivity contribution in [3.63, 3.8) is 0 Å². The molecule has 0 radical (unpaired) electrons. The van der Waals surface area contributed by atoms with Gasteiger partial charge < -0.3 is 5.32 Å². The first-order chi connectivity index (χ1) is 5.08. The number of nitrogens with one attached hydrogen (secondary N) is 1. The molecule has 1 aliphatic heterocycles. The molecular formula is C6H11Br3N2. The molecule has 0 spiro atoms. The maximum atomic E-state index is 3.49. The Kier molecular flexibility index (Phi) is 4.32. The van der Waals surface area contributed by atoms with Crippen LogP contribution in [0.2, 0.25) is 0 Å². The van der Waals surface area contributed by atoms with Crippen molar-refractivity contribution < 1.29 is 0 Å². The van der Waals surface area contributed by atoms with Gasteiger partial charge in [-0.1, -0.05) is 47.8 Å². The van der Waals surface area contributed by atoms with Crippen molar-refractivity contribution in [3.8, 4) is 0 Å². The molecule has 1 saturated heterocycles. The van der Waals surface area contributed by atoms with Crippen molar-refractivity contribution in [2.75, 3.05) is 32.7 Å². The highest BCUT2D eigenvalue weighted by Gasteiger charge is 2.22. The molecule has 0 aromatic rings. The molecule has 5 heteroatoms. The molecule has 66 valence electrons. The van der Waals surface area contributed by atoms with E-state index in [-0.39, 0.29) is 2.14 Å². The molecule has 1 N–H and O–H groups in total. The largest absolute Gasteiger partial charge is 0.314 e. The van der Waals surface area contributed by atoms with Crippen LogP contribution in [-0.2, 0) is 0 Å². The number of hydrogen-bond acceptors (Lipinski definition) is 2. The minimum atomic E-state index is -0.107. The van der Waals surface area contributed by atoms with Gasteiger partial charge in [-0.05, 0) is 0 Å². The lowest BCUT2D eigenvalue weighted by molar-refractivity contribution is 0.250. The molecule has 0 aliphatic carbocycles. The van der Waals surface area contributed by atoms with E-state index < -0.39 is 0 Å².